The van der Waals surface area contributed by atoms with Crippen LogP contribution in [0.4, 0.5) is 10.5 Å². The summed E-state index contributed by atoms with van der Waals surface area (Å²) in [5, 5.41) is 9.79. The number of carbonyl (C=O) groups is 2. The van der Waals surface area contributed by atoms with E-state index in [0.717, 1.165) is 11.3 Å². The number of para-hydroxylation sites is 1. The Kier molecular flexibility index (Phi) is 3.35. The zero-order valence-electron chi connectivity index (χ0n) is 13.9. The molecular formula is C16H22N2O3. The summed E-state index contributed by atoms with van der Waals surface area (Å²) < 4.78 is 8.04. The Morgan fingerprint density at radius 3 is 2.62 bits per heavy atom. The smallest absolute Gasteiger partial charge is 0.405 e. The van der Waals surface area contributed by atoms with E-state index in [4.69, 9.17) is 1.41 Å². The molecule has 1 aromatic rings. The van der Waals surface area contributed by atoms with Gasteiger partial charge in [-0.05, 0) is 29.9 Å². The minimum absolute atomic E-state index is 0.284. The van der Waals surface area contributed by atoms with Gasteiger partial charge >= 0.3 is 6.09 Å². The molecule has 0 saturated carbocycles. The van der Waals surface area contributed by atoms with Crippen LogP contribution in [0.5, 0.6) is 0 Å². The topological polar surface area (TPSA) is 69.6 Å². The lowest BCUT2D eigenvalue weighted by Crippen LogP contribution is -2.65. The molecule has 0 aromatic heterocycles. The Bertz CT molecular complexity index is 612. The maximum atomic E-state index is 13.1. The highest BCUT2D eigenvalue weighted by atomic mass is 16.4. The Morgan fingerprint density at radius 2 is 2.05 bits per heavy atom. The van der Waals surface area contributed by atoms with Gasteiger partial charge in [-0.1, -0.05) is 39.0 Å². The van der Waals surface area contributed by atoms with E-state index < -0.39 is 17.0 Å². The first-order valence-corrected chi connectivity index (χ1v) is 7.01. The second kappa shape index (κ2) is 5.06. The summed E-state index contributed by atoms with van der Waals surface area (Å²) in [7, 11) is 1.64. The summed E-state index contributed by atoms with van der Waals surface area (Å²) in [4.78, 5) is 26.1. The monoisotopic (exact) mass is 291 g/mol. The van der Waals surface area contributed by atoms with Crippen molar-refractivity contribution in [2.45, 2.75) is 39.2 Å². The number of fused-ring (bicyclic) bond motifs is 1. The van der Waals surface area contributed by atoms with Gasteiger partial charge in [0.2, 0.25) is 0 Å². The van der Waals surface area contributed by atoms with Crippen molar-refractivity contribution in [2.75, 3.05) is 11.9 Å². The molecule has 21 heavy (non-hydrogen) atoms. The van der Waals surface area contributed by atoms with Crippen LogP contribution in [0.15, 0.2) is 24.3 Å². The lowest BCUT2D eigenvalue weighted by atomic mass is 9.70. The average Bonchev–Trinajstić information content (AvgIpc) is 2.55. The molecule has 114 valence electrons. The normalized spacial score (nSPS) is 23.1. The molecule has 1 unspecified atom stereocenters. The van der Waals surface area contributed by atoms with Crippen molar-refractivity contribution in [2.24, 2.45) is 5.41 Å². The number of anilines is 1. The van der Waals surface area contributed by atoms with E-state index in [1.54, 1.807) is 27.8 Å². The molecule has 2 amide bonds. The summed E-state index contributed by atoms with van der Waals surface area (Å²) in [5.74, 6) is -0.359. The van der Waals surface area contributed by atoms with Crippen LogP contribution in [0.3, 0.4) is 0 Å². The second-order valence-electron chi connectivity index (χ2n) is 6.50. The molecule has 0 spiro atoms. The van der Waals surface area contributed by atoms with E-state index in [1.165, 1.54) is 4.90 Å². The summed E-state index contributed by atoms with van der Waals surface area (Å²) in [6.45, 7) is 5.41. The number of likely N-dealkylation sites (N-methyl/N-ethyl adjacent to an activating group) is 1. The second-order valence-corrected chi connectivity index (χ2v) is 6.50. The highest BCUT2D eigenvalue weighted by molar-refractivity contribution is 6.03. The number of rotatable bonds is 1. The Balaban J connectivity index is 2.63. The number of amides is 2. The van der Waals surface area contributed by atoms with Gasteiger partial charge in [-0.2, -0.15) is 0 Å². The molecule has 0 saturated heterocycles. The lowest BCUT2D eigenvalue weighted by molar-refractivity contribution is -0.129. The van der Waals surface area contributed by atoms with Gasteiger partial charge in [-0.25, -0.2) is 4.79 Å². The summed E-state index contributed by atoms with van der Waals surface area (Å²) in [6.07, 6.45) is -0.582. The van der Waals surface area contributed by atoms with Crippen molar-refractivity contribution in [3.05, 3.63) is 29.8 Å². The molecule has 0 aliphatic carbocycles. The summed E-state index contributed by atoms with van der Waals surface area (Å²) >= 11 is 0. The van der Waals surface area contributed by atoms with Crippen molar-refractivity contribution in [1.29, 1.82) is 0 Å². The highest BCUT2D eigenvalue weighted by Crippen LogP contribution is 2.40. The van der Waals surface area contributed by atoms with Gasteiger partial charge in [0.05, 0.1) is 0 Å². The third-order valence-electron chi connectivity index (χ3n) is 4.29. The molecule has 5 nitrogen and oxygen atoms in total. The molecule has 2 N–H and O–H groups in total. The van der Waals surface area contributed by atoms with Crippen molar-refractivity contribution in [3.8, 4) is 0 Å². The van der Waals surface area contributed by atoms with Crippen molar-refractivity contribution < 1.29 is 16.1 Å². The van der Waals surface area contributed by atoms with Crippen molar-refractivity contribution in [1.82, 2.24) is 5.31 Å². The fraction of sp³-hybridized carbons (Fsp3) is 0.500. The van der Waals surface area contributed by atoms with E-state index in [2.05, 4.69) is 0 Å². The molecule has 1 aliphatic heterocycles. The molecule has 0 radical (unpaired) electrons. The van der Waals surface area contributed by atoms with Gasteiger partial charge in [0.1, 0.15) is 5.54 Å². The summed E-state index contributed by atoms with van der Waals surface area (Å²) in [6, 6.07) is 7.53. The van der Waals surface area contributed by atoms with E-state index in [1.807, 2.05) is 24.3 Å². The molecule has 0 bridgehead atoms. The van der Waals surface area contributed by atoms with Crippen LogP contribution < -0.4 is 10.2 Å². The molecule has 2 rings (SSSR count). The first-order chi connectivity index (χ1) is 10.1. The van der Waals surface area contributed by atoms with Gasteiger partial charge in [0.15, 0.2) is 1.41 Å². The molecule has 0 fully saturated rings. The predicted molar refractivity (Wildman–Crippen MR) is 81.5 cm³/mol. The molecule has 1 aromatic carbocycles. The minimum atomic E-state index is -1.42. The maximum absolute atomic E-state index is 13.1. The quantitative estimate of drug-likeness (QED) is 0.835. The molecule has 5 heteroatoms. The van der Waals surface area contributed by atoms with Crippen LogP contribution in [0.25, 0.3) is 0 Å². The third-order valence-corrected chi connectivity index (χ3v) is 4.29. The van der Waals surface area contributed by atoms with Crippen LogP contribution in [-0.4, -0.2) is 29.7 Å². The van der Waals surface area contributed by atoms with E-state index in [-0.39, 0.29) is 12.3 Å². The van der Waals surface area contributed by atoms with E-state index >= 15 is 0 Å². The van der Waals surface area contributed by atoms with Gasteiger partial charge in [-0.15, -0.1) is 0 Å². The highest BCUT2D eigenvalue weighted by Gasteiger charge is 2.52. The molecule has 1 aliphatic rings. The zero-order chi connectivity index (χ0) is 16.7. The van der Waals surface area contributed by atoms with Crippen molar-refractivity contribution >= 4 is 17.7 Å². The largest absolute Gasteiger partial charge is 0.465 e. The number of benzene rings is 1. The predicted octanol–water partition coefficient (Wildman–Crippen LogP) is 2.65. The van der Waals surface area contributed by atoms with Crippen LogP contribution >= 0.6 is 0 Å². The van der Waals surface area contributed by atoms with Gasteiger partial charge in [-0.3, -0.25) is 4.79 Å². The minimum Gasteiger partial charge on any atom is -0.465 e. The molecule has 1 atom stereocenters. The number of carbonyl (C=O) groups excluding carboxylic acids is 1. The van der Waals surface area contributed by atoms with Crippen molar-refractivity contribution in [3.63, 3.8) is 0 Å². The van der Waals surface area contributed by atoms with Gasteiger partial charge < -0.3 is 15.3 Å². The number of carboxylic acid groups (broad SMARTS) is 1. The molecular weight excluding hydrogens is 268 g/mol. The Hall–Kier alpha value is -2.04. The first-order valence-electron chi connectivity index (χ1n) is 7.46. The number of hydrogen-bond acceptors (Lipinski definition) is 2. The Morgan fingerprint density at radius 1 is 1.43 bits per heavy atom. The molecule has 1 heterocycles. The van der Waals surface area contributed by atoms with Crippen LogP contribution in [0.2, 0.25) is 1.41 Å². The number of nitrogens with zero attached hydrogens (tertiary/aromatic N) is 1. The number of hydrogen-bond donors (Lipinski definition) is 2. The van der Waals surface area contributed by atoms with Gasteiger partial charge in [0, 0.05) is 12.7 Å². The number of aryl methyl sites for hydroxylation is 1. The van der Waals surface area contributed by atoms with E-state index in [0.29, 0.717) is 11.7 Å². The fourth-order valence-electron chi connectivity index (χ4n) is 2.99. The van der Waals surface area contributed by atoms with Gasteiger partial charge in [0.25, 0.3) is 5.91 Å². The van der Waals surface area contributed by atoms with Crippen LogP contribution in [0.1, 0.15) is 32.8 Å². The van der Waals surface area contributed by atoms with E-state index in [9.17, 15) is 14.7 Å². The fourth-order valence-corrected chi connectivity index (χ4v) is 2.99. The zero-order valence-corrected chi connectivity index (χ0v) is 12.9. The van der Waals surface area contributed by atoms with Crippen LogP contribution in [-0.2, 0) is 11.2 Å². The maximum Gasteiger partial charge on any atom is 0.405 e. The summed E-state index contributed by atoms with van der Waals surface area (Å²) in [5.41, 5.74) is -0.367. The van der Waals surface area contributed by atoms with Crippen LogP contribution in [0, 0.1) is 5.41 Å². The standard InChI is InChI=1S/C16H22N2O3/c1-15(2,3)16(17-14(20)21)10-9-11-7-5-6-8-12(11)18(4)13(16)19/h5-8,17H,9-10H2,1-4H3,(H,20,21)/i/hD. The average molecular weight is 291 g/mol. The first kappa shape index (κ1) is 13.9. The lowest BCUT2D eigenvalue weighted by Gasteiger charge is -2.43. The number of nitrogens with one attached hydrogen (secondary N) is 1. The SMILES string of the molecule is [2H]N(C(=O)O)C1(C(C)(C)C)CCc2ccccc2N(C)C1=O. The Labute approximate surface area is 126 Å². The third kappa shape index (κ3) is 2.48.